The highest BCUT2D eigenvalue weighted by Gasteiger charge is 2.29. The Bertz CT molecular complexity index is 594. The molecule has 2 aliphatic rings. The molecule has 5 heteroatoms. The SMILES string of the molecule is Nc1cccc2c1CCCN2S(=O)(=O)CCC1CCC1. The van der Waals surface area contributed by atoms with Crippen molar-refractivity contribution in [3.8, 4) is 0 Å². The molecule has 1 aliphatic heterocycles. The number of nitrogens with zero attached hydrogens (tertiary/aromatic N) is 1. The first-order valence-corrected chi connectivity index (χ1v) is 9.06. The summed E-state index contributed by atoms with van der Waals surface area (Å²) >= 11 is 0. The zero-order valence-electron chi connectivity index (χ0n) is 11.7. The summed E-state index contributed by atoms with van der Waals surface area (Å²) in [5, 5.41) is 0. The molecule has 0 radical (unpaired) electrons. The average molecular weight is 294 g/mol. The van der Waals surface area contributed by atoms with E-state index in [-0.39, 0.29) is 5.75 Å². The van der Waals surface area contributed by atoms with E-state index in [9.17, 15) is 8.42 Å². The van der Waals surface area contributed by atoms with Crippen LogP contribution < -0.4 is 10.0 Å². The monoisotopic (exact) mass is 294 g/mol. The van der Waals surface area contributed by atoms with Crippen LogP contribution in [0, 0.1) is 5.92 Å². The Hall–Kier alpha value is -1.23. The molecule has 4 nitrogen and oxygen atoms in total. The van der Waals surface area contributed by atoms with Gasteiger partial charge < -0.3 is 5.73 Å². The second kappa shape index (κ2) is 5.28. The number of nitrogen functional groups attached to an aromatic ring is 1. The van der Waals surface area contributed by atoms with Crippen LogP contribution in [0.15, 0.2) is 18.2 Å². The van der Waals surface area contributed by atoms with Crippen molar-refractivity contribution < 1.29 is 8.42 Å². The maximum absolute atomic E-state index is 12.6. The number of rotatable bonds is 4. The minimum Gasteiger partial charge on any atom is -0.398 e. The summed E-state index contributed by atoms with van der Waals surface area (Å²) in [6.45, 7) is 0.587. The van der Waals surface area contributed by atoms with Gasteiger partial charge in [-0.25, -0.2) is 8.42 Å². The summed E-state index contributed by atoms with van der Waals surface area (Å²) < 4.78 is 26.8. The first-order valence-electron chi connectivity index (χ1n) is 7.46. The van der Waals surface area contributed by atoms with Gasteiger partial charge in [0.2, 0.25) is 10.0 Å². The van der Waals surface area contributed by atoms with Crippen LogP contribution in [0.3, 0.4) is 0 Å². The second-order valence-electron chi connectivity index (χ2n) is 5.92. The predicted molar refractivity (Wildman–Crippen MR) is 82.3 cm³/mol. The lowest BCUT2D eigenvalue weighted by atomic mass is 9.84. The topological polar surface area (TPSA) is 63.4 Å². The molecule has 1 heterocycles. The molecule has 1 aliphatic carbocycles. The number of hydrogen-bond acceptors (Lipinski definition) is 3. The zero-order valence-corrected chi connectivity index (χ0v) is 12.5. The van der Waals surface area contributed by atoms with E-state index in [0.29, 0.717) is 18.2 Å². The van der Waals surface area contributed by atoms with Crippen LogP contribution in [-0.2, 0) is 16.4 Å². The summed E-state index contributed by atoms with van der Waals surface area (Å²) in [7, 11) is -3.21. The van der Waals surface area contributed by atoms with Gasteiger partial charge in [-0.2, -0.15) is 0 Å². The third kappa shape index (κ3) is 2.51. The lowest BCUT2D eigenvalue weighted by Gasteiger charge is -2.32. The van der Waals surface area contributed by atoms with E-state index in [1.807, 2.05) is 18.2 Å². The van der Waals surface area contributed by atoms with Gasteiger partial charge in [0.25, 0.3) is 0 Å². The molecule has 0 saturated heterocycles. The van der Waals surface area contributed by atoms with E-state index in [4.69, 9.17) is 5.73 Å². The first-order chi connectivity index (χ1) is 9.58. The second-order valence-corrected chi connectivity index (χ2v) is 7.94. The van der Waals surface area contributed by atoms with Crippen LogP contribution in [0.1, 0.15) is 37.7 Å². The van der Waals surface area contributed by atoms with Crippen LogP contribution in [0.25, 0.3) is 0 Å². The number of fused-ring (bicyclic) bond motifs is 1. The summed E-state index contributed by atoms with van der Waals surface area (Å²) in [4.78, 5) is 0. The Labute approximate surface area is 121 Å². The standard InChI is InChI=1S/C15H22N2O2S/c16-14-7-2-8-15-13(14)6-3-10-17(15)20(18,19)11-9-12-4-1-5-12/h2,7-8,12H,1,3-6,9-11,16H2. The van der Waals surface area contributed by atoms with E-state index in [2.05, 4.69) is 0 Å². The van der Waals surface area contributed by atoms with Gasteiger partial charge in [0.05, 0.1) is 11.4 Å². The number of sulfonamides is 1. The molecule has 0 unspecified atom stereocenters. The van der Waals surface area contributed by atoms with Gasteiger partial charge in [-0.1, -0.05) is 25.3 Å². The van der Waals surface area contributed by atoms with E-state index in [0.717, 1.165) is 30.5 Å². The molecule has 0 amide bonds. The zero-order chi connectivity index (χ0) is 14.2. The van der Waals surface area contributed by atoms with E-state index >= 15 is 0 Å². The molecule has 0 bridgehead atoms. The molecule has 110 valence electrons. The molecule has 1 fully saturated rings. The fourth-order valence-electron chi connectivity index (χ4n) is 3.11. The maximum atomic E-state index is 12.6. The van der Waals surface area contributed by atoms with Crippen LogP contribution in [0.2, 0.25) is 0 Å². The van der Waals surface area contributed by atoms with Crippen LogP contribution in [-0.4, -0.2) is 20.7 Å². The molecule has 3 rings (SSSR count). The van der Waals surface area contributed by atoms with E-state index in [1.165, 1.54) is 19.3 Å². The Kier molecular flexibility index (Phi) is 3.63. The number of hydrogen-bond donors (Lipinski definition) is 1. The fraction of sp³-hybridized carbons (Fsp3) is 0.600. The third-order valence-electron chi connectivity index (χ3n) is 4.59. The summed E-state index contributed by atoms with van der Waals surface area (Å²) in [6, 6.07) is 5.57. The van der Waals surface area contributed by atoms with Crippen molar-refractivity contribution in [2.75, 3.05) is 22.3 Å². The first kappa shape index (κ1) is 13.7. The molecule has 2 N–H and O–H groups in total. The molecule has 0 aromatic heterocycles. The van der Waals surface area contributed by atoms with Crippen LogP contribution >= 0.6 is 0 Å². The number of nitrogens with two attached hydrogens (primary N) is 1. The fourth-order valence-corrected chi connectivity index (χ4v) is 4.84. The summed E-state index contributed by atoms with van der Waals surface area (Å²) in [5.74, 6) is 0.890. The van der Waals surface area contributed by atoms with Crippen molar-refractivity contribution in [2.45, 2.75) is 38.5 Å². The highest BCUT2D eigenvalue weighted by molar-refractivity contribution is 7.92. The maximum Gasteiger partial charge on any atom is 0.235 e. The van der Waals surface area contributed by atoms with Crippen molar-refractivity contribution in [1.82, 2.24) is 0 Å². The van der Waals surface area contributed by atoms with Gasteiger partial charge in [0.15, 0.2) is 0 Å². The number of anilines is 2. The highest BCUT2D eigenvalue weighted by atomic mass is 32.2. The smallest absolute Gasteiger partial charge is 0.235 e. The quantitative estimate of drug-likeness (QED) is 0.868. The van der Waals surface area contributed by atoms with Gasteiger partial charge in [0.1, 0.15) is 0 Å². The Morgan fingerprint density at radius 1 is 1.25 bits per heavy atom. The van der Waals surface area contributed by atoms with Crippen molar-refractivity contribution >= 4 is 21.4 Å². The Morgan fingerprint density at radius 3 is 2.75 bits per heavy atom. The Morgan fingerprint density at radius 2 is 2.05 bits per heavy atom. The summed E-state index contributed by atoms with van der Waals surface area (Å²) in [6.07, 6.45) is 6.17. The average Bonchev–Trinajstić information content (AvgIpc) is 2.36. The van der Waals surface area contributed by atoms with Gasteiger partial charge in [-0.05, 0) is 42.9 Å². The largest absolute Gasteiger partial charge is 0.398 e. The Balaban J connectivity index is 1.81. The van der Waals surface area contributed by atoms with Crippen molar-refractivity contribution in [2.24, 2.45) is 5.92 Å². The van der Waals surface area contributed by atoms with Crippen LogP contribution in [0.4, 0.5) is 11.4 Å². The van der Waals surface area contributed by atoms with Gasteiger partial charge in [0, 0.05) is 12.2 Å². The van der Waals surface area contributed by atoms with Gasteiger partial charge >= 0.3 is 0 Å². The molecule has 1 aromatic rings. The van der Waals surface area contributed by atoms with Crippen molar-refractivity contribution in [3.63, 3.8) is 0 Å². The molecular weight excluding hydrogens is 272 g/mol. The minimum absolute atomic E-state index is 0.270. The molecule has 0 spiro atoms. The lowest BCUT2D eigenvalue weighted by molar-refractivity contribution is 0.307. The van der Waals surface area contributed by atoms with E-state index < -0.39 is 10.0 Å². The van der Waals surface area contributed by atoms with E-state index in [1.54, 1.807) is 4.31 Å². The molecular formula is C15H22N2O2S. The summed E-state index contributed by atoms with van der Waals surface area (Å²) in [5.41, 5.74) is 8.48. The van der Waals surface area contributed by atoms with Gasteiger partial charge in [-0.3, -0.25) is 4.31 Å². The van der Waals surface area contributed by atoms with Crippen molar-refractivity contribution in [3.05, 3.63) is 23.8 Å². The normalized spacial score (nSPS) is 19.5. The lowest BCUT2D eigenvalue weighted by Crippen LogP contribution is -2.38. The molecule has 0 atom stereocenters. The predicted octanol–water partition coefficient (Wildman–Crippen LogP) is 2.54. The number of benzene rings is 1. The molecule has 20 heavy (non-hydrogen) atoms. The highest BCUT2D eigenvalue weighted by Crippen LogP contribution is 2.35. The third-order valence-corrected chi connectivity index (χ3v) is 6.39. The van der Waals surface area contributed by atoms with Gasteiger partial charge in [-0.15, -0.1) is 0 Å². The minimum atomic E-state index is -3.21. The van der Waals surface area contributed by atoms with Crippen molar-refractivity contribution in [1.29, 1.82) is 0 Å². The van der Waals surface area contributed by atoms with Crippen LogP contribution in [0.5, 0.6) is 0 Å². The molecule has 1 aromatic carbocycles. The molecule has 1 saturated carbocycles.